The van der Waals surface area contributed by atoms with Gasteiger partial charge in [0.25, 0.3) is 11.8 Å². The van der Waals surface area contributed by atoms with Gasteiger partial charge in [-0.15, -0.1) is 12.6 Å². The lowest BCUT2D eigenvalue weighted by Gasteiger charge is -2.36. The van der Waals surface area contributed by atoms with Crippen molar-refractivity contribution >= 4 is 63.9 Å². The summed E-state index contributed by atoms with van der Waals surface area (Å²) in [7, 11) is -4.71. The summed E-state index contributed by atoms with van der Waals surface area (Å²) in [6.45, 7) is -0.440. The number of hydrogen-bond acceptors (Lipinski definition) is 6. The Morgan fingerprint density at radius 2 is 1.75 bits per heavy atom. The maximum absolute atomic E-state index is 13.0. The molecule has 3 amide bonds. The van der Waals surface area contributed by atoms with E-state index in [1.165, 1.54) is 12.1 Å². The Bertz CT molecular complexity index is 1160. The van der Waals surface area contributed by atoms with Crippen molar-refractivity contribution in [1.82, 2.24) is 14.9 Å². The second kappa shape index (κ2) is 9.28. The lowest BCUT2D eigenvalue weighted by atomic mass is 10.0. The summed E-state index contributed by atoms with van der Waals surface area (Å²) in [5, 5.41) is 5.05. The zero-order valence-electron chi connectivity index (χ0n) is 16.1. The molecule has 170 valence electrons. The van der Waals surface area contributed by atoms with Gasteiger partial charge in [0.2, 0.25) is 5.91 Å². The average Bonchev–Trinajstić information content (AvgIpc) is 2.73. The van der Waals surface area contributed by atoms with Gasteiger partial charge in [-0.1, -0.05) is 71.7 Å². The summed E-state index contributed by atoms with van der Waals surface area (Å²) in [4.78, 5) is 37.8. The van der Waals surface area contributed by atoms with E-state index in [9.17, 15) is 22.8 Å². The van der Waals surface area contributed by atoms with Crippen LogP contribution in [0, 0.1) is 0 Å². The predicted molar refractivity (Wildman–Crippen MR) is 120 cm³/mol. The van der Waals surface area contributed by atoms with E-state index in [4.69, 9.17) is 27.8 Å². The molecule has 3 atom stereocenters. The van der Waals surface area contributed by atoms with E-state index in [2.05, 4.69) is 23.3 Å². The number of carbonyl (C=O) groups is 3. The highest BCUT2D eigenvalue weighted by Crippen LogP contribution is 2.38. The first-order valence-corrected chi connectivity index (χ1v) is 11.6. The van der Waals surface area contributed by atoms with Gasteiger partial charge >= 0.3 is 10.3 Å². The highest BCUT2D eigenvalue weighted by molar-refractivity contribution is 7.84. The van der Waals surface area contributed by atoms with Crippen molar-refractivity contribution in [3.8, 4) is 0 Å². The number of nitrogens with one attached hydrogen (secondary N) is 2. The fourth-order valence-corrected chi connectivity index (χ4v) is 4.55. The topological polar surface area (TPSA) is 133 Å². The number of β-lactam (4-membered cyclic amide) rings is 1. The zero-order chi connectivity index (χ0) is 23.7. The lowest BCUT2D eigenvalue weighted by Crippen LogP contribution is -2.66. The molecule has 2 aromatic carbocycles. The van der Waals surface area contributed by atoms with Gasteiger partial charge in [-0.25, -0.2) is 4.31 Å². The molecule has 3 rings (SSSR count). The summed E-state index contributed by atoms with van der Waals surface area (Å²) in [5.41, 5.74) is 0.575. The SMILES string of the molecule is O=C(NC1CN(S(=O)(=O)O)C1=O)C(NC(=O)C(S)(Cl)c1ccccc1Cl)c1ccccc1. The van der Waals surface area contributed by atoms with Crippen molar-refractivity contribution in [2.24, 2.45) is 0 Å². The molecule has 1 saturated heterocycles. The van der Waals surface area contributed by atoms with Crippen molar-refractivity contribution in [3.63, 3.8) is 0 Å². The summed E-state index contributed by atoms with van der Waals surface area (Å²) in [6.07, 6.45) is 0. The minimum absolute atomic E-state index is 0.193. The van der Waals surface area contributed by atoms with Gasteiger partial charge in [-0.3, -0.25) is 18.9 Å². The molecular weight excluding hydrogens is 501 g/mol. The van der Waals surface area contributed by atoms with E-state index in [1.807, 2.05) is 0 Å². The number of thiol groups is 1. The number of rotatable bonds is 7. The summed E-state index contributed by atoms with van der Waals surface area (Å²) in [6, 6.07) is 12.0. The van der Waals surface area contributed by atoms with Crippen molar-refractivity contribution in [3.05, 3.63) is 70.7 Å². The lowest BCUT2D eigenvalue weighted by molar-refractivity contribution is -0.141. The van der Waals surface area contributed by atoms with Gasteiger partial charge in [0.15, 0.2) is 4.21 Å². The van der Waals surface area contributed by atoms with Crippen molar-refractivity contribution in [1.29, 1.82) is 0 Å². The minimum Gasteiger partial charge on any atom is -0.341 e. The molecule has 3 unspecified atom stereocenters. The molecular formula is C19H17Cl2N3O6S2. The normalized spacial score (nSPS) is 18.8. The fourth-order valence-electron chi connectivity index (χ4n) is 2.99. The molecule has 0 bridgehead atoms. The molecule has 32 heavy (non-hydrogen) atoms. The Labute approximate surface area is 199 Å². The van der Waals surface area contributed by atoms with E-state index in [0.717, 1.165) is 0 Å². The largest absolute Gasteiger partial charge is 0.362 e. The van der Waals surface area contributed by atoms with E-state index in [0.29, 0.717) is 5.56 Å². The van der Waals surface area contributed by atoms with E-state index < -0.39 is 50.9 Å². The van der Waals surface area contributed by atoms with E-state index in [1.54, 1.807) is 42.5 Å². The van der Waals surface area contributed by atoms with Crippen LogP contribution in [0.1, 0.15) is 17.2 Å². The molecule has 13 heteroatoms. The minimum atomic E-state index is -4.71. The number of benzene rings is 2. The smallest absolute Gasteiger partial charge is 0.341 e. The van der Waals surface area contributed by atoms with E-state index >= 15 is 0 Å². The number of carbonyl (C=O) groups excluding carboxylic acids is 3. The Hall–Kier alpha value is -2.31. The van der Waals surface area contributed by atoms with Crippen LogP contribution in [0.4, 0.5) is 0 Å². The number of hydrogen-bond donors (Lipinski definition) is 4. The van der Waals surface area contributed by atoms with Crippen molar-refractivity contribution in [2.75, 3.05) is 6.54 Å². The molecule has 9 nitrogen and oxygen atoms in total. The first-order chi connectivity index (χ1) is 14.9. The standard InChI is InChI=1S/C19H17Cl2N3O6S2/c20-13-9-5-4-8-12(13)19(21,31)18(27)23-15(11-6-2-1-3-7-11)16(25)22-14-10-24(17(14)26)32(28,29)30/h1-9,14-15,31H,10H2,(H,22,25)(H,23,27)(H,28,29,30). The number of nitrogens with zero attached hydrogens (tertiary/aromatic N) is 1. The highest BCUT2D eigenvalue weighted by atomic mass is 35.5. The van der Waals surface area contributed by atoms with Crippen LogP contribution >= 0.6 is 35.8 Å². The number of halogens is 2. The fraction of sp³-hybridized carbons (Fsp3) is 0.211. The van der Waals surface area contributed by atoms with Gasteiger partial charge in [0.1, 0.15) is 12.1 Å². The Morgan fingerprint density at radius 1 is 1.16 bits per heavy atom. The maximum Gasteiger partial charge on any atom is 0.362 e. The van der Waals surface area contributed by atoms with Gasteiger partial charge in [-0.05, 0) is 11.6 Å². The maximum atomic E-state index is 13.0. The van der Waals surface area contributed by atoms with Crippen LogP contribution in [0.3, 0.4) is 0 Å². The molecule has 1 fully saturated rings. The molecule has 1 aliphatic rings. The van der Waals surface area contributed by atoms with Gasteiger partial charge < -0.3 is 10.6 Å². The first-order valence-electron chi connectivity index (χ1n) is 9.04. The van der Waals surface area contributed by atoms with Gasteiger partial charge in [0, 0.05) is 10.6 Å². The summed E-state index contributed by atoms with van der Waals surface area (Å²) in [5.74, 6) is -2.65. The molecule has 0 aliphatic carbocycles. The Balaban J connectivity index is 1.81. The molecule has 0 saturated carbocycles. The number of amides is 3. The summed E-state index contributed by atoms with van der Waals surface area (Å²) < 4.78 is 29.4. The van der Waals surface area contributed by atoms with Gasteiger partial charge in [-0.2, -0.15) is 8.42 Å². The quantitative estimate of drug-likeness (QED) is 0.191. The molecule has 3 N–H and O–H groups in total. The van der Waals surface area contributed by atoms with E-state index in [-0.39, 0.29) is 14.9 Å². The number of alkyl halides is 1. The molecule has 2 aromatic rings. The third-order valence-corrected chi connectivity index (χ3v) is 6.72. The Morgan fingerprint density at radius 3 is 2.31 bits per heavy atom. The van der Waals surface area contributed by atoms with Crippen molar-refractivity contribution < 1.29 is 27.4 Å². The molecule has 0 spiro atoms. The van der Waals surface area contributed by atoms with Crippen LogP contribution in [-0.2, 0) is 28.9 Å². The Kier molecular flexibility index (Phi) is 7.06. The van der Waals surface area contributed by atoms with Crippen LogP contribution in [0.5, 0.6) is 0 Å². The predicted octanol–water partition coefficient (Wildman–Crippen LogP) is 1.65. The second-order valence-corrected chi connectivity index (χ2v) is 10.1. The van der Waals surface area contributed by atoms with Gasteiger partial charge in [0.05, 0.1) is 6.54 Å². The third kappa shape index (κ3) is 5.02. The third-order valence-electron chi connectivity index (χ3n) is 4.69. The summed E-state index contributed by atoms with van der Waals surface area (Å²) >= 11 is 16.7. The second-order valence-electron chi connectivity index (χ2n) is 6.83. The zero-order valence-corrected chi connectivity index (χ0v) is 19.3. The molecule has 0 radical (unpaired) electrons. The average molecular weight is 518 g/mol. The van der Waals surface area contributed by atoms with Crippen LogP contribution < -0.4 is 10.6 Å². The highest BCUT2D eigenvalue weighted by Gasteiger charge is 2.45. The molecule has 0 aromatic heterocycles. The van der Waals surface area contributed by atoms with Crippen LogP contribution in [0.25, 0.3) is 0 Å². The first kappa shape index (κ1) is 24.3. The van der Waals surface area contributed by atoms with Crippen LogP contribution in [0.15, 0.2) is 54.6 Å². The van der Waals surface area contributed by atoms with Crippen LogP contribution in [0.2, 0.25) is 5.02 Å². The monoisotopic (exact) mass is 517 g/mol. The van der Waals surface area contributed by atoms with Crippen molar-refractivity contribution in [2.45, 2.75) is 16.3 Å². The molecule has 1 heterocycles. The van der Waals surface area contributed by atoms with Crippen LogP contribution in [-0.4, -0.2) is 47.6 Å². The molecule has 1 aliphatic heterocycles.